The summed E-state index contributed by atoms with van der Waals surface area (Å²) in [5, 5.41) is 6.54. The second-order valence-electron chi connectivity index (χ2n) is 8.28. The van der Waals surface area contributed by atoms with Gasteiger partial charge in [-0.1, -0.05) is 13.8 Å². The summed E-state index contributed by atoms with van der Waals surface area (Å²) in [4.78, 5) is 14.5. The number of fused-ring (bicyclic) bond motifs is 1. The van der Waals surface area contributed by atoms with Gasteiger partial charge < -0.3 is 15.5 Å². The van der Waals surface area contributed by atoms with Crippen molar-refractivity contribution in [2.75, 3.05) is 26.2 Å². The second kappa shape index (κ2) is 7.09. The molecular weight excluding hydrogens is 355 g/mol. The van der Waals surface area contributed by atoms with E-state index in [1.54, 1.807) is 4.90 Å². The number of hydrogen-bond donors (Lipinski definition) is 2. The molecule has 3 atom stereocenters. The largest absolute Gasteiger partial charge is 0.330 e. The number of amides is 1. The molecule has 0 spiro atoms. The summed E-state index contributed by atoms with van der Waals surface area (Å²) in [6, 6.07) is -0.0695. The number of carbonyl (C=O) groups excluding carboxylic acids is 1. The van der Waals surface area contributed by atoms with E-state index >= 15 is 0 Å². The number of piperidine rings is 2. The van der Waals surface area contributed by atoms with Crippen LogP contribution in [0.25, 0.3) is 0 Å². The lowest BCUT2D eigenvalue weighted by atomic mass is 9.73. The first-order valence-electron chi connectivity index (χ1n) is 9.83. The van der Waals surface area contributed by atoms with Crippen molar-refractivity contribution in [3.05, 3.63) is 34.1 Å². The van der Waals surface area contributed by atoms with Crippen LogP contribution in [0.15, 0.2) is 0 Å². The van der Waals surface area contributed by atoms with E-state index in [0.717, 1.165) is 19.4 Å². The molecule has 2 N–H and O–H groups in total. The molecule has 1 amide bonds. The zero-order valence-electron chi connectivity index (χ0n) is 15.7. The Bertz CT molecular complexity index is 754. The van der Waals surface area contributed by atoms with Gasteiger partial charge in [0.2, 0.25) is 0 Å². The highest BCUT2D eigenvalue weighted by Crippen LogP contribution is 2.43. The fourth-order valence-corrected chi connectivity index (χ4v) is 5.16. The monoisotopic (exact) mass is 381 g/mol. The van der Waals surface area contributed by atoms with Gasteiger partial charge in [0.05, 0.1) is 5.56 Å². The lowest BCUT2D eigenvalue weighted by Crippen LogP contribution is -2.46. The molecule has 4 nitrogen and oxygen atoms in total. The Morgan fingerprint density at radius 1 is 0.963 bits per heavy atom. The van der Waals surface area contributed by atoms with Crippen LogP contribution in [0.4, 0.5) is 13.2 Å². The van der Waals surface area contributed by atoms with E-state index in [1.165, 1.54) is 0 Å². The molecule has 27 heavy (non-hydrogen) atoms. The van der Waals surface area contributed by atoms with Gasteiger partial charge in [0.15, 0.2) is 17.5 Å². The van der Waals surface area contributed by atoms with Gasteiger partial charge >= 0.3 is 0 Å². The van der Waals surface area contributed by atoms with Crippen LogP contribution in [0.3, 0.4) is 0 Å². The highest BCUT2D eigenvalue weighted by molar-refractivity contribution is 5.99. The van der Waals surface area contributed by atoms with Gasteiger partial charge in [-0.2, -0.15) is 0 Å². The number of nitrogens with one attached hydrogen (secondary N) is 2. The summed E-state index contributed by atoms with van der Waals surface area (Å²) >= 11 is 0. The first kappa shape index (κ1) is 18.7. The number of hydrogen-bond acceptors (Lipinski definition) is 3. The Hall–Kier alpha value is -1.60. The van der Waals surface area contributed by atoms with Crippen LogP contribution in [0.1, 0.15) is 54.1 Å². The van der Waals surface area contributed by atoms with Crippen molar-refractivity contribution in [3.8, 4) is 0 Å². The van der Waals surface area contributed by atoms with Crippen LogP contribution in [-0.4, -0.2) is 43.0 Å². The van der Waals surface area contributed by atoms with Crippen molar-refractivity contribution in [1.82, 2.24) is 15.5 Å². The number of nitrogens with zero attached hydrogens (tertiary/aromatic N) is 1. The smallest absolute Gasteiger partial charge is 0.257 e. The van der Waals surface area contributed by atoms with Crippen molar-refractivity contribution in [1.29, 1.82) is 0 Å². The van der Waals surface area contributed by atoms with E-state index in [1.807, 2.05) is 13.8 Å². The molecule has 1 aromatic carbocycles. The average Bonchev–Trinajstić information content (AvgIpc) is 3.00. The molecule has 0 radical (unpaired) electrons. The van der Waals surface area contributed by atoms with E-state index in [-0.39, 0.29) is 41.5 Å². The van der Waals surface area contributed by atoms with Crippen LogP contribution in [-0.2, 0) is 6.54 Å². The highest BCUT2D eigenvalue weighted by Gasteiger charge is 2.43. The van der Waals surface area contributed by atoms with E-state index in [2.05, 4.69) is 10.6 Å². The highest BCUT2D eigenvalue weighted by atomic mass is 19.2. The summed E-state index contributed by atoms with van der Waals surface area (Å²) in [5.41, 5.74) is 0.310. The summed E-state index contributed by atoms with van der Waals surface area (Å²) in [6.45, 7) is 7.02. The Morgan fingerprint density at radius 3 is 2.30 bits per heavy atom. The van der Waals surface area contributed by atoms with E-state index in [9.17, 15) is 18.0 Å². The molecule has 3 aliphatic heterocycles. The molecule has 3 aliphatic rings. The third-order valence-corrected chi connectivity index (χ3v) is 6.48. The Morgan fingerprint density at radius 2 is 1.67 bits per heavy atom. The molecule has 0 bridgehead atoms. The van der Waals surface area contributed by atoms with Crippen LogP contribution in [0, 0.1) is 29.3 Å². The molecule has 0 aliphatic carbocycles. The van der Waals surface area contributed by atoms with Gasteiger partial charge in [-0.3, -0.25) is 4.79 Å². The van der Waals surface area contributed by atoms with Crippen LogP contribution in [0.2, 0.25) is 0 Å². The lowest BCUT2D eigenvalue weighted by Gasteiger charge is -2.37. The summed E-state index contributed by atoms with van der Waals surface area (Å²) in [5.74, 6) is -4.59. The standard InChI is InChI=1S/C20H26F3N3O/c1-10-6-25-7-11(2)14(10)15-13-9-26(12-4-3-5-24-8-12)20(27)16(13)18(22)19(23)17(15)21/h10-12,14,24-25H,3-9H2,1-2H3. The van der Waals surface area contributed by atoms with Gasteiger partial charge in [0.25, 0.3) is 5.91 Å². The van der Waals surface area contributed by atoms with Crippen LogP contribution in [0.5, 0.6) is 0 Å². The predicted octanol–water partition coefficient (Wildman–Crippen LogP) is 2.77. The number of carbonyl (C=O) groups is 1. The molecule has 4 rings (SSSR count). The SMILES string of the molecule is CC1CNCC(C)C1c1c(F)c(F)c(F)c2c1CN(C1CCCNC1)C2=O. The van der Waals surface area contributed by atoms with Gasteiger partial charge in [-0.15, -0.1) is 0 Å². The number of benzene rings is 1. The quantitative estimate of drug-likeness (QED) is 0.775. The normalized spacial score (nSPS) is 31.3. The number of halogens is 3. The van der Waals surface area contributed by atoms with Crippen LogP contribution < -0.4 is 10.6 Å². The van der Waals surface area contributed by atoms with Crippen LogP contribution >= 0.6 is 0 Å². The maximum absolute atomic E-state index is 15.0. The molecule has 2 fully saturated rings. The van der Waals surface area contributed by atoms with Gasteiger partial charge in [-0.25, -0.2) is 13.2 Å². The molecule has 0 aromatic heterocycles. The zero-order chi connectivity index (χ0) is 19.3. The minimum Gasteiger partial charge on any atom is -0.330 e. The van der Waals surface area contributed by atoms with Gasteiger partial charge in [0, 0.05) is 24.7 Å². The van der Waals surface area contributed by atoms with Gasteiger partial charge in [-0.05, 0) is 55.8 Å². The topological polar surface area (TPSA) is 44.4 Å². The second-order valence-corrected chi connectivity index (χ2v) is 8.28. The molecule has 3 unspecified atom stereocenters. The van der Waals surface area contributed by atoms with E-state index in [4.69, 9.17) is 0 Å². The first-order chi connectivity index (χ1) is 12.9. The Balaban J connectivity index is 1.81. The third-order valence-electron chi connectivity index (χ3n) is 6.48. The Kier molecular flexibility index (Phi) is 4.93. The molecule has 0 saturated carbocycles. The van der Waals surface area contributed by atoms with Crippen molar-refractivity contribution in [2.45, 2.75) is 45.2 Å². The molecule has 7 heteroatoms. The predicted molar refractivity (Wildman–Crippen MR) is 96.0 cm³/mol. The third kappa shape index (κ3) is 2.95. The molecule has 2 saturated heterocycles. The first-order valence-corrected chi connectivity index (χ1v) is 9.83. The number of rotatable bonds is 2. The molecule has 3 heterocycles. The van der Waals surface area contributed by atoms with Crippen molar-refractivity contribution < 1.29 is 18.0 Å². The lowest BCUT2D eigenvalue weighted by molar-refractivity contribution is 0.0670. The fourth-order valence-electron chi connectivity index (χ4n) is 5.16. The van der Waals surface area contributed by atoms with E-state index < -0.39 is 23.4 Å². The summed E-state index contributed by atoms with van der Waals surface area (Å²) < 4.78 is 44.0. The molecule has 1 aromatic rings. The van der Waals surface area contributed by atoms with Gasteiger partial charge in [0.1, 0.15) is 0 Å². The minimum atomic E-state index is -1.52. The Labute approximate surface area is 157 Å². The fraction of sp³-hybridized carbons (Fsp3) is 0.650. The summed E-state index contributed by atoms with van der Waals surface area (Å²) in [6.07, 6.45) is 1.74. The van der Waals surface area contributed by atoms with E-state index in [0.29, 0.717) is 25.2 Å². The maximum atomic E-state index is 15.0. The maximum Gasteiger partial charge on any atom is 0.257 e. The molecular formula is C20H26F3N3O. The zero-order valence-corrected chi connectivity index (χ0v) is 15.7. The van der Waals surface area contributed by atoms with Crippen molar-refractivity contribution in [3.63, 3.8) is 0 Å². The minimum absolute atomic E-state index is 0.0673. The molecule has 148 valence electrons. The van der Waals surface area contributed by atoms with Crippen molar-refractivity contribution in [2.24, 2.45) is 11.8 Å². The van der Waals surface area contributed by atoms with Crippen molar-refractivity contribution >= 4 is 5.91 Å². The average molecular weight is 381 g/mol. The summed E-state index contributed by atoms with van der Waals surface area (Å²) in [7, 11) is 0.